The maximum atomic E-state index is 12.8. The van der Waals surface area contributed by atoms with Crippen molar-refractivity contribution >= 4 is 35.1 Å². The maximum Gasteiger partial charge on any atom is 0.325 e. The molecule has 1 saturated heterocycles. The third-order valence-corrected chi connectivity index (χ3v) is 5.40. The number of imide groups is 1. The Morgan fingerprint density at radius 1 is 1.30 bits per heavy atom. The highest BCUT2D eigenvalue weighted by Gasteiger charge is 2.65. The second-order valence-corrected chi connectivity index (χ2v) is 7.09. The zero-order chi connectivity index (χ0) is 13.9. The summed E-state index contributed by atoms with van der Waals surface area (Å²) in [7, 11) is 0. The van der Waals surface area contributed by atoms with E-state index in [1.54, 1.807) is 0 Å². The predicted octanol–water partition coefficient (Wildman–Crippen LogP) is 1.80. The topological polar surface area (TPSA) is 75.2 Å². The van der Waals surface area contributed by atoms with Crippen LogP contribution in [-0.2, 0) is 11.3 Å². The lowest BCUT2D eigenvalue weighted by molar-refractivity contribution is -0.133. The molecule has 2 saturated carbocycles. The molecule has 0 atom stereocenters. The van der Waals surface area contributed by atoms with Crippen molar-refractivity contribution in [1.29, 1.82) is 0 Å². The average Bonchev–Trinajstić information content (AvgIpc) is 3.32. The van der Waals surface area contributed by atoms with Gasteiger partial charge < -0.3 is 5.32 Å². The summed E-state index contributed by atoms with van der Waals surface area (Å²) in [5.41, 5.74) is -0.157. The van der Waals surface area contributed by atoms with E-state index in [-0.39, 0.29) is 18.5 Å². The predicted molar refractivity (Wildman–Crippen MR) is 72.2 cm³/mol. The van der Waals surface area contributed by atoms with Crippen molar-refractivity contribution < 1.29 is 9.59 Å². The van der Waals surface area contributed by atoms with E-state index in [9.17, 15) is 9.59 Å². The molecule has 1 aromatic rings. The third-order valence-electron chi connectivity index (χ3n) is 4.42. The van der Waals surface area contributed by atoms with Crippen LogP contribution in [0, 0.1) is 11.8 Å². The maximum absolute atomic E-state index is 12.8. The highest BCUT2D eigenvalue weighted by molar-refractivity contribution is 7.10. The smallest absolute Gasteiger partial charge is 0.323 e. The van der Waals surface area contributed by atoms with Crippen molar-refractivity contribution in [3.63, 3.8) is 0 Å². The van der Waals surface area contributed by atoms with Crippen molar-refractivity contribution in [2.75, 3.05) is 0 Å². The molecule has 0 radical (unpaired) electrons. The fraction of sp³-hybridized carbons (Fsp3) is 0.667. The lowest BCUT2D eigenvalue weighted by Gasteiger charge is -2.26. The molecule has 3 aliphatic rings. The number of carbonyl (C=O) groups excluding carboxylic acids is 2. The van der Waals surface area contributed by atoms with Crippen LogP contribution in [0.3, 0.4) is 0 Å². The molecular weight excluding hydrogens is 300 g/mol. The van der Waals surface area contributed by atoms with Gasteiger partial charge in [0.1, 0.15) is 15.6 Å². The van der Waals surface area contributed by atoms with E-state index in [0.29, 0.717) is 21.9 Å². The standard InChI is InChI=1S/C12H13ClN4O2S/c13-9-8(15-16-20-9)5-17-10(18)12(6-1-2-6,7-3-4-7)14-11(17)19/h6-7H,1-5H2,(H,14,19). The van der Waals surface area contributed by atoms with E-state index in [1.807, 2.05) is 0 Å². The van der Waals surface area contributed by atoms with Gasteiger partial charge in [-0.3, -0.25) is 9.69 Å². The van der Waals surface area contributed by atoms with Gasteiger partial charge in [-0.15, -0.1) is 5.10 Å². The number of rotatable bonds is 4. The number of halogens is 1. The number of hydrogen-bond acceptors (Lipinski definition) is 5. The van der Waals surface area contributed by atoms with Crippen LogP contribution in [0.15, 0.2) is 0 Å². The number of urea groups is 1. The Morgan fingerprint density at radius 3 is 2.45 bits per heavy atom. The molecule has 106 valence electrons. The molecule has 0 spiro atoms. The van der Waals surface area contributed by atoms with Crippen molar-refractivity contribution in [3.05, 3.63) is 10.0 Å². The first-order chi connectivity index (χ1) is 9.63. The lowest BCUT2D eigenvalue weighted by atomic mass is 9.87. The van der Waals surface area contributed by atoms with Crippen LogP contribution in [0.4, 0.5) is 4.79 Å². The van der Waals surface area contributed by atoms with Gasteiger partial charge in [0.05, 0.1) is 6.54 Å². The van der Waals surface area contributed by atoms with Gasteiger partial charge >= 0.3 is 6.03 Å². The minimum absolute atomic E-state index is 0.100. The molecule has 1 N–H and O–H groups in total. The Kier molecular flexibility index (Phi) is 2.59. The first-order valence-corrected chi connectivity index (χ1v) is 7.89. The summed E-state index contributed by atoms with van der Waals surface area (Å²) in [4.78, 5) is 26.3. The highest BCUT2D eigenvalue weighted by atomic mass is 35.5. The Morgan fingerprint density at radius 2 is 1.95 bits per heavy atom. The van der Waals surface area contributed by atoms with Crippen LogP contribution in [0.5, 0.6) is 0 Å². The zero-order valence-electron chi connectivity index (χ0n) is 10.6. The van der Waals surface area contributed by atoms with Gasteiger partial charge in [-0.05, 0) is 37.5 Å². The molecule has 0 bridgehead atoms. The Labute approximate surface area is 124 Å². The van der Waals surface area contributed by atoms with E-state index >= 15 is 0 Å². The summed E-state index contributed by atoms with van der Waals surface area (Å²) in [6.45, 7) is 0.112. The number of amides is 3. The van der Waals surface area contributed by atoms with Gasteiger partial charge in [-0.1, -0.05) is 16.1 Å². The fourth-order valence-electron chi connectivity index (χ4n) is 3.16. The van der Waals surface area contributed by atoms with Gasteiger partial charge in [0, 0.05) is 11.5 Å². The second-order valence-electron chi connectivity index (χ2n) is 5.73. The van der Waals surface area contributed by atoms with Crippen LogP contribution in [0.2, 0.25) is 4.34 Å². The van der Waals surface area contributed by atoms with Gasteiger partial charge in [0.15, 0.2) is 0 Å². The second kappa shape index (κ2) is 4.14. The number of carbonyl (C=O) groups is 2. The van der Waals surface area contributed by atoms with Crippen molar-refractivity contribution in [2.24, 2.45) is 11.8 Å². The van der Waals surface area contributed by atoms with Gasteiger partial charge in [0.2, 0.25) is 0 Å². The van der Waals surface area contributed by atoms with E-state index in [4.69, 9.17) is 11.6 Å². The summed E-state index contributed by atoms with van der Waals surface area (Å²) >= 11 is 7.02. The van der Waals surface area contributed by atoms with Crippen molar-refractivity contribution in [3.8, 4) is 0 Å². The minimum Gasteiger partial charge on any atom is -0.323 e. The van der Waals surface area contributed by atoms with Gasteiger partial charge in [0.25, 0.3) is 5.91 Å². The van der Waals surface area contributed by atoms with E-state index in [1.165, 1.54) is 4.90 Å². The summed E-state index contributed by atoms with van der Waals surface area (Å²) < 4.78 is 4.17. The molecular formula is C12H13ClN4O2S. The Balaban J connectivity index is 1.63. The molecule has 4 rings (SSSR count). The van der Waals surface area contributed by atoms with Gasteiger partial charge in [-0.25, -0.2) is 4.79 Å². The summed E-state index contributed by atoms with van der Waals surface area (Å²) in [5, 5.41) is 6.85. The van der Waals surface area contributed by atoms with Crippen LogP contribution in [0.1, 0.15) is 31.4 Å². The SMILES string of the molecule is O=C1NC(C2CC2)(C2CC2)C(=O)N1Cc1nnsc1Cl. The first kappa shape index (κ1) is 12.5. The largest absolute Gasteiger partial charge is 0.325 e. The summed E-state index contributed by atoms with van der Waals surface area (Å²) in [5.74, 6) is 0.512. The Bertz CT molecular complexity index is 584. The average molecular weight is 313 g/mol. The third kappa shape index (κ3) is 1.69. The molecule has 2 heterocycles. The molecule has 3 amide bonds. The van der Waals surface area contributed by atoms with Crippen LogP contribution >= 0.6 is 23.1 Å². The van der Waals surface area contributed by atoms with E-state index < -0.39 is 5.54 Å². The summed E-state index contributed by atoms with van der Waals surface area (Å²) in [6.07, 6.45) is 4.09. The fourth-order valence-corrected chi connectivity index (χ4v) is 3.77. The molecule has 1 aliphatic heterocycles. The van der Waals surface area contributed by atoms with E-state index in [2.05, 4.69) is 14.9 Å². The number of nitrogens with zero attached hydrogens (tertiary/aromatic N) is 3. The number of aromatic nitrogens is 2. The molecule has 3 fully saturated rings. The normalized spacial score (nSPS) is 25.1. The van der Waals surface area contributed by atoms with Crippen molar-refractivity contribution in [2.45, 2.75) is 37.8 Å². The molecule has 1 aromatic heterocycles. The van der Waals surface area contributed by atoms with Gasteiger partial charge in [-0.2, -0.15) is 0 Å². The highest BCUT2D eigenvalue weighted by Crippen LogP contribution is 2.54. The number of nitrogens with one attached hydrogen (secondary N) is 1. The Hall–Kier alpha value is -1.21. The first-order valence-electron chi connectivity index (χ1n) is 6.73. The molecule has 8 heteroatoms. The minimum atomic E-state index is -0.646. The molecule has 0 unspecified atom stereocenters. The molecule has 2 aliphatic carbocycles. The van der Waals surface area contributed by atoms with Crippen molar-refractivity contribution in [1.82, 2.24) is 19.8 Å². The molecule has 6 nitrogen and oxygen atoms in total. The summed E-state index contributed by atoms with van der Waals surface area (Å²) in [6, 6.07) is -0.321. The number of hydrogen-bond donors (Lipinski definition) is 1. The quantitative estimate of drug-likeness (QED) is 0.860. The monoisotopic (exact) mass is 312 g/mol. The van der Waals surface area contributed by atoms with E-state index in [0.717, 1.165) is 37.2 Å². The van der Waals surface area contributed by atoms with Crippen LogP contribution in [0.25, 0.3) is 0 Å². The lowest BCUT2D eigenvalue weighted by Crippen LogP contribution is -2.51. The zero-order valence-corrected chi connectivity index (χ0v) is 12.2. The molecule has 0 aromatic carbocycles. The van der Waals surface area contributed by atoms with Crippen LogP contribution < -0.4 is 5.32 Å². The van der Waals surface area contributed by atoms with Crippen LogP contribution in [-0.4, -0.2) is 32.0 Å². The molecule has 20 heavy (non-hydrogen) atoms.